The normalized spacial score (nSPS) is 13.1. The molecule has 5 rings (SSSR count). The lowest BCUT2D eigenvalue weighted by Crippen LogP contribution is -2.15. The lowest BCUT2D eigenvalue weighted by atomic mass is 10.1. The molecule has 0 unspecified atom stereocenters. The van der Waals surface area contributed by atoms with Gasteiger partial charge >= 0.3 is 0 Å². The molecule has 168 valence electrons. The number of nitrogens with one attached hydrogen (secondary N) is 1. The summed E-state index contributed by atoms with van der Waals surface area (Å²) in [6.07, 6.45) is 2.08. The van der Waals surface area contributed by atoms with E-state index in [0.29, 0.717) is 47.7 Å². The summed E-state index contributed by atoms with van der Waals surface area (Å²) in [7, 11) is -3.50. The standard InChI is InChI=1S/C25H21ClN2O4S/c26-19-6-5-18-8-10-27-25(22(18)15-19)28-20-2-1-3-21(16-20)33(29,30)13-9-17-4-7-23-24(14-17)32-12-11-31-23/h1-8,10,14-16H,9,11-13H2,(H,27,28). The van der Waals surface area contributed by atoms with Crippen molar-refractivity contribution < 1.29 is 17.9 Å². The Hall–Kier alpha value is -3.29. The number of aromatic nitrogens is 1. The van der Waals surface area contributed by atoms with Crippen LogP contribution in [-0.2, 0) is 16.3 Å². The second kappa shape index (κ2) is 8.92. The van der Waals surface area contributed by atoms with E-state index < -0.39 is 9.84 Å². The summed E-state index contributed by atoms with van der Waals surface area (Å²) < 4.78 is 37.2. The van der Waals surface area contributed by atoms with E-state index in [9.17, 15) is 8.42 Å². The van der Waals surface area contributed by atoms with E-state index in [4.69, 9.17) is 21.1 Å². The van der Waals surface area contributed by atoms with Crippen LogP contribution in [0.5, 0.6) is 11.5 Å². The molecule has 0 amide bonds. The van der Waals surface area contributed by atoms with Crippen molar-refractivity contribution in [3.63, 3.8) is 0 Å². The minimum Gasteiger partial charge on any atom is -0.486 e. The van der Waals surface area contributed by atoms with Crippen molar-refractivity contribution in [2.45, 2.75) is 11.3 Å². The summed E-state index contributed by atoms with van der Waals surface area (Å²) in [5.74, 6) is 1.94. The number of fused-ring (bicyclic) bond motifs is 2. The van der Waals surface area contributed by atoms with Crippen LogP contribution in [0.2, 0.25) is 5.02 Å². The first-order valence-corrected chi connectivity index (χ1v) is 12.5. The smallest absolute Gasteiger partial charge is 0.178 e. The summed E-state index contributed by atoms with van der Waals surface area (Å²) in [4.78, 5) is 4.66. The Kier molecular flexibility index (Phi) is 5.83. The van der Waals surface area contributed by atoms with Crippen LogP contribution in [0.4, 0.5) is 11.5 Å². The van der Waals surface area contributed by atoms with Crippen LogP contribution in [0.3, 0.4) is 0 Å². The molecule has 4 aromatic rings. The fourth-order valence-corrected chi connectivity index (χ4v) is 5.26. The molecule has 1 aliphatic rings. The topological polar surface area (TPSA) is 77.5 Å². The predicted molar refractivity (Wildman–Crippen MR) is 130 cm³/mol. The molecule has 2 heterocycles. The molecular formula is C25H21ClN2O4S. The van der Waals surface area contributed by atoms with Crippen LogP contribution >= 0.6 is 11.6 Å². The van der Waals surface area contributed by atoms with Gasteiger partial charge in [0, 0.05) is 22.3 Å². The Labute approximate surface area is 197 Å². The summed E-state index contributed by atoms with van der Waals surface area (Å²) in [5, 5.41) is 5.68. The van der Waals surface area contributed by atoms with E-state index in [1.807, 2.05) is 48.5 Å². The molecule has 0 bridgehead atoms. The number of sulfone groups is 1. The van der Waals surface area contributed by atoms with Crippen molar-refractivity contribution in [1.29, 1.82) is 0 Å². The fraction of sp³-hybridized carbons (Fsp3) is 0.160. The monoisotopic (exact) mass is 480 g/mol. The van der Waals surface area contributed by atoms with E-state index in [-0.39, 0.29) is 10.6 Å². The molecule has 3 aromatic carbocycles. The Balaban J connectivity index is 1.35. The molecule has 6 nitrogen and oxygen atoms in total. The van der Waals surface area contributed by atoms with E-state index in [0.717, 1.165) is 16.3 Å². The molecule has 0 saturated heterocycles. The van der Waals surface area contributed by atoms with Gasteiger partial charge in [0.15, 0.2) is 21.3 Å². The second-order valence-corrected chi connectivity index (χ2v) is 10.3. The largest absolute Gasteiger partial charge is 0.486 e. The predicted octanol–water partition coefficient (Wildman–Crippen LogP) is 5.42. The molecule has 0 atom stereocenters. The van der Waals surface area contributed by atoms with Crippen molar-refractivity contribution in [1.82, 2.24) is 4.98 Å². The number of anilines is 2. The zero-order valence-electron chi connectivity index (χ0n) is 17.6. The van der Waals surface area contributed by atoms with Crippen LogP contribution in [0.25, 0.3) is 10.8 Å². The molecule has 0 saturated carbocycles. The molecule has 0 fully saturated rings. The third-order valence-electron chi connectivity index (χ3n) is 5.45. The highest BCUT2D eigenvalue weighted by Crippen LogP contribution is 2.31. The highest BCUT2D eigenvalue weighted by molar-refractivity contribution is 7.91. The number of halogens is 1. The zero-order valence-corrected chi connectivity index (χ0v) is 19.2. The highest BCUT2D eigenvalue weighted by Gasteiger charge is 2.17. The molecule has 1 aromatic heterocycles. The first-order valence-electron chi connectivity index (χ1n) is 10.5. The Morgan fingerprint density at radius 1 is 0.939 bits per heavy atom. The average molecular weight is 481 g/mol. The zero-order chi connectivity index (χ0) is 22.8. The quantitative estimate of drug-likeness (QED) is 0.397. The molecule has 1 aliphatic heterocycles. The third-order valence-corrected chi connectivity index (χ3v) is 7.40. The van der Waals surface area contributed by atoms with E-state index in [1.54, 1.807) is 24.4 Å². The van der Waals surface area contributed by atoms with Crippen LogP contribution in [-0.4, -0.2) is 32.4 Å². The Morgan fingerprint density at radius 3 is 2.67 bits per heavy atom. The van der Waals surface area contributed by atoms with Gasteiger partial charge in [0.2, 0.25) is 0 Å². The van der Waals surface area contributed by atoms with Crippen LogP contribution in [0.1, 0.15) is 5.56 Å². The van der Waals surface area contributed by atoms with Gasteiger partial charge in [0.25, 0.3) is 0 Å². The maximum atomic E-state index is 13.0. The fourth-order valence-electron chi connectivity index (χ4n) is 3.76. The van der Waals surface area contributed by atoms with Crippen molar-refractivity contribution in [3.05, 3.63) is 83.5 Å². The minimum atomic E-state index is -3.50. The summed E-state index contributed by atoms with van der Waals surface area (Å²) in [6, 6.07) is 19.8. The average Bonchev–Trinajstić information content (AvgIpc) is 2.83. The molecule has 33 heavy (non-hydrogen) atoms. The number of benzene rings is 3. The van der Waals surface area contributed by atoms with Gasteiger partial charge in [0.05, 0.1) is 10.6 Å². The van der Waals surface area contributed by atoms with E-state index in [2.05, 4.69) is 10.3 Å². The number of pyridine rings is 1. The third kappa shape index (κ3) is 4.74. The van der Waals surface area contributed by atoms with E-state index >= 15 is 0 Å². The van der Waals surface area contributed by atoms with Gasteiger partial charge < -0.3 is 14.8 Å². The number of ether oxygens (including phenoxy) is 2. The van der Waals surface area contributed by atoms with Gasteiger partial charge in [-0.15, -0.1) is 0 Å². The molecular weight excluding hydrogens is 460 g/mol. The van der Waals surface area contributed by atoms with Crippen molar-refractivity contribution in [2.24, 2.45) is 0 Å². The lowest BCUT2D eigenvalue weighted by molar-refractivity contribution is 0.171. The summed E-state index contributed by atoms with van der Waals surface area (Å²) in [6.45, 7) is 1.01. The lowest BCUT2D eigenvalue weighted by Gasteiger charge is -2.18. The van der Waals surface area contributed by atoms with Gasteiger partial charge in [-0.25, -0.2) is 13.4 Å². The van der Waals surface area contributed by atoms with Crippen molar-refractivity contribution >= 4 is 43.7 Å². The van der Waals surface area contributed by atoms with E-state index in [1.165, 1.54) is 0 Å². The molecule has 0 spiro atoms. The first kappa shape index (κ1) is 21.6. The highest BCUT2D eigenvalue weighted by atomic mass is 35.5. The summed E-state index contributed by atoms with van der Waals surface area (Å²) in [5.41, 5.74) is 1.52. The second-order valence-electron chi connectivity index (χ2n) is 7.72. The number of hydrogen-bond donors (Lipinski definition) is 1. The molecule has 0 aliphatic carbocycles. The first-order chi connectivity index (χ1) is 16.0. The Morgan fingerprint density at radius 2 is 1.79 bits per heavy atom. The maximum absolute atomic E-state index is 13.0. The SMILES string of the molecule is O=S(=O)(CCc1ccc2c(c1)OCCO2)c1cccc(Nc2nccc3ccc(Cl)cc23)c1. The minimum absolute atomic E-state index is 0.0157. The Bertz CT molecular complexity index is 1440. The summed E-state index contributed by atoms with van der Waals surface area (Å²) >= 11 is 6.15. The molecule has 0 radical (unpaired) electrons. The maximum Gasteiger partial charge on any atom is 0.178 e. The number of hydrogen-bond acceptors (Lipinski definition) is 6. The van der Waals surface area contributed by atoms with Crippen LogP contribution in [0.15, 0.2) is 77.8 Å². The van der Waals surface area contributed by atoms with Crippen molar-refractivity contribution in [2.75, 3.05) is 24.3 Å². The van der Waals surface area contributed by atoms with Crippen LogP contribution in [0, 0.1) is 0 Å². The van der Waals surface area contributed by atoms with Crippen LogP contribution < -0.4 is 14.8 Å². The van der Waals surface area contributed by atoms with Gasteiger partial charge in [-0.2, -0.15) is 0 Å². The molecule has 1 N–H and O–H groups in total. The number of aryl methyl sites for hydroxylation is 1. The van der Waals surface area contributed by atoms with Gasteiger partial charge in [-0.3, -0.25) is 0 Å². The van der Waals surface area contributed by atoms with Gasteiger partial charge in [0.1, 0.15) is 19.0 Å². The van der Waals surface area contributed by atoms with Crippen molar-refractivity contribution in [3.8, 4) is 11.5 Å². The molecule has 8 heteroatoms. The van der Waals surface area contributed by atoms with Gasteiger partial charge in [-0.05, 0) is 65.9 Å². The number of rotatable bonds is 6. The van der Waals surface area contributed by atoms with Gasteiger partial charge in [-0.1, -0.05) is 29.8 Å². The number of nitrogens with zero attached hydrogens (tertiary/aromatic N) is 1.